The summed E-state index contributed by atoms with van der Waals surface area (Å²) in [7, 11) is 2.15. The van der Waals surface area contributed by atoms with E-state index in [1.807, 2.05) is 12.1 Å². The van der Waals surface area contributed by atoms with Gasteiger partial charge in [0.05, 0.1) is 6.57 Å². The fourth-order valence-electron chi connectivity index (χ4n) is 3.59. The quantitative estimate of drug-likeness (QED) is 0.578. The molecule has 2 aromatic rings. The lowest BCUT2D eigenvalue weighted by Crippen LogP contribution is -2.45. The van der Waals surface area contributed by atoms with Gasteiger partial charge in [0.1, 0.15) is 0 Å². The van der Waals surface area contributed by atoms with Crippen LogP contribution in [0.2, 0.25) is 0 Å². The van der Waals surface area contributed by atoms with Gasteiger partial charge >= 0.3 is 5.97 Å². The molecule has 1 aliphatic rings. The van der Waals surface area contributed by atoms with Gasteiger partial charge in [-0.1, -0.05) is 13.0 Å². The van der Waals surface area contributed by atoms with E-state index in [1.165, 1.54) is 28.7 Å². The molecule has 0 radical (unpaired) electrons. The average molecular weight is 366 g/mol. The molecule has 0 bridgehead atoms. The Labute approximate surface area is 158 Å². The first-order valence-corrected chi connectivity index (χ1v) is 9.35. The molecule has 0 fully saturated rings. The molecule has 5 heteroatoms. The first-order valence-electron chi connectivity index (χ1n) is 8.53. The highest BCUT2D eigenvalue weighted by atomic mass is 32.1. The van der Waals surface area contributed by atoms with Crippen molar-refractivity contribution < 1.29 is 9.90 Å². The predicted molar refractivity (Wildman–Crippen MR) is 107 cm³/mol. The molecule has 1 aliphatic heterocycles. The standard InChI is InChI=1S/C21H22N2O2S/c1-13-12-21(2,3)23(5)18-8-6-14(10-16(13)18)19-9-7-15(26-19)11-17(22-4)20(24)25/h6-11,13H,12H2,1-3,5H3,(H,24,25)/b17-11-. The van der Waals surface area contributed by atoms with Crippen molar-refractivity contribution in [2.24, 2.45) is 0 Å². The second-order valence-corrected chi connectivity index (χ2v) is 8.51. The third-order valence-corrected chi connectivity index (χ3v) is 6.24. The molecule has 0 aliphatic carbocycles. The number of hydrogen-bond donors (Lipinski definition) is 1. The summed E-state index contributed by atoms with van der Waals surface area (Å²) in [5.74, 6) is -0.709. The molecule has 4 nitrogen and oxygen atoms in total. The lowest BCUT2D eigenvalue weighted by Gasteiger charge is -2.45. The topological polar surface area (TPSA) is 44.9 Å². The lowest BCUT2D eigenvalue weighted by atomic mass is 9.80. The zero-order valence-electron chi connectivity index (χ0n) is 15.4. The normalized spacial score (nSPS) is 19.0. The number of carboxylic acids is 1. The summed E-state index contributed by atoms with van der Waals surface area (Å²) in [5, 5.41) is 9.01. The second kappa shape index (κ2) is 6.62. The number of hydrogen-bond acceptors (Lipinski definition) is 3. The monoisotopic (exact) mass is 366 g/mol. The van der Waals surface area contributed by atoms with E-state index in [0.717, 1.165) is 21.7 Å². The van der Waals surface area contributed by atoms with Crippen LogP contribution in [0.1, 0.15) is 43.6 Å². The van der Waals surface area contributed by atoms with Gasteiger partial charge in [-0.25, -0.2) is 4.85 Å². The predicted octanol–water partition coefficient (Wildman–Crippen LogP) is 5.48. The Bertz CT molecular complexity index is 934. The Morgan fingerprint density at radius 2 is 2.12 bits per heavy atom. The van der Waals surface area contributed by atoms with Crippen LogP contribution in [0.5, 0.6) is 0 Å². The highest BCUT2D eigenvalue weighted by Crippen LogP contribution is 2.44. The maximum atomic E-state index is 11.0. The minimum atomic E-state index is -1.19. The SMILES string of the molecule is [C-]#[N+]/C(=C\c1ccc(-c2ccc3c(c2)C(C)CC(C)(C)N3C)s1)C(=O)O. The highest BCUT2D eigenvalue weighted by molar-refractivity contribution is 7.16. The van der Waals surface area contributed by atoms with Crippen molar-refractivity contribution >= 4 is 29.1 Å². The fraction of sp³-hybridized carbons (Fsp3) is 0.333. The van der Waals surface area contributed by atoms with E-state index in [1.54, 1.807) is 0 Å². The van der Waals surface area contributed by atoms with Gasteiger partial charge in [-0.3, -0.25) is 4.79 Å². The molecule has 0 amide bonds. The first kappa shape index (κ1) is 18.2. The summed E-state index contributed by atoms with van der Waals surface area (Å²) in [6.45, 7) is 13.8. The zero-order valence-corrected chi connectivity index (χ0v) is 16.2. The highest BCUT2D eigenvalue weighted by Gasteiger charge is 2.34. The molecule has 2 heterocycles. The number of carbonyl (C=O) groups is 1. The zero-order chi connectivity index (χ0) is 19.1. The summed E-state index contributed by atoms with van der Waals surface area (Å²) in [5.41, 5.74) is 3.63. The van der Waals surface area contributed by atoms with Gasteiger partial charge in [-0.15, -0.1) is 11.3 Å². The molecule has 0 spiro atoms. The van der Waals surface area contributed by atoms with Gasteiger partial charge in [-0.05, 0) is 67.7 Å². The van der Waals surface area contributed by atoms with Crippen molar-refractivity contribution in [1.29, 1.82) is 0 Å². The van der Waals surface area contributed by atoms with Gasteiger partial charge in [0.2, 0.25) is 0 Å². The Morgan fingerprint density at radius 3 is 2.77 bits per heavy atom. The molecule has 134 valence electrons. The van der Waals surface area contributed by atoms with E-state index in [9.17, 15) is 4.79 Å². The number of nitrogens with zero attached hydrogens (tertiary/aromatic N) is 2. The number of benzene rings is 1. The number of aliphatic carboxylic acids is 1. The maximum absolute atomic E-state index is 11.0. The van der Waals surface area contributed by atoms with Gasteiger partial charge in [-0.2, -0.15) is 0 Å². The van der Waals surface area contributed by atoms with Crippen LogP contribution < -0.4 is 4.90 Å². The molecule has 1 aromatic carbocycles. The van der Waals surface area contributed by atoms with Crippen molar-refractivity contribution in [1.82, 2.24) is 0 Å². The summed E-state index contributed by atoms with van der Waals surface area (Å²) in [6.07, 6.45) is 2.53. The third kappa shape index (κ3) is 3.25. The van der Waals surface area contributed by atoms with Crippen LogP contribution in [0.3, 0.4) is 0 Å². The summed E-state index contributed by atoms with van der Waals surface area (Å²) in [6, 6.07) is 10.4. The number of rotatable bonds is 3. The van der Waals surface area contributed by atoms with Crippen molar-refractivity contribution in [3.05, 3.63) is 57.9 Å². The molecule has 0 saturated carbocycles. The van der Waals surface area contributed by atoms with Gasteiger partial charge in [0.15, 0.2) is 0 Å². The van der Waals surface area contributed by atoms with Crippen LogP contribution in [-0.2, 0) is 4.79 Å². The van der Waals surface area contributed by atoms with E-state index in [4.69, 9.17) is 11.7 Å². The van der Waals surface area contributed by atoms with Crippen molar-refractivity contribution in [2.45, 2.75) is 38.6 Å². The van der Waals surface area contributed by atoms with E-state index in [0.29, 0.717) is 5.92 Å². The number of anilines is 1. The number of fused-ring (bicyclic) bond motifs is 1. The van der Waals surface area contributed by atoms with Crippen LogP contribution in [0.15, 0.2) is 36.0 Å². The molecule has 1 aromatic heterocycles. The second-order valence-electron chi connectivity index (χ2n) is 7.40. The summed E-state index contributed by atoms with van der Waals surface area (Å²) in [4.78, 5) is 18.3. The van der Waals surface area contributed by atoms with Gasteiger partial charge in [0.25, 0.3) is 5.70 Å². The average Bonchev–Trinajstić information content (AvgIpc) is 3.05. The lowest BCUT2D eigenvalue weighted by molar-refractivity contribution is -0.132. The van der Waals surface area contributed by atoms with E-state index >= 15 is 0 Å². The molecular formula is C21H22N2O2S. The van der Waals surface area contributed by atoms with Crippen molar-refractivity contribution in [2.75, 3.05) is 11.9 Å². The maximum Gasteiger partial charge on any atom is 0.333 e. The fourth-order valence-corrected chi connectivity index (χ4v) is 4.53. The Morgan fingerprint density at radius 1 is 1.38 bits per heavy atom. The molecule has 3 rings (SSSR count). The van der Waals surface area contributed by atoms with Crippen LogP contribution in [0, 0.1) is 6.57 Å². The van der Waals surface area contributed by atoms with E-state index in [-0.39, 0.29) is 11.2 Å². The minimum Gasteiger partial charge on any atom is -0.486 e. The van der Waals surface area contributed by atoms with Crippen molar-refractivity contribution in [3.63, 3.8) is 0 Å². The molecule has 1 atom stereocenters. The van der Waals surface area contributed by atoms with Crippen LogP contribution in [-0.4, -0.2) is 23.7 Å². The minimum absolute atomic E-state index is 0.141. The van der Waals surface area contributed by atoms with Gasteiger partial charge in [0, 0.05) is 28.0 Å². The smallest absolute Gasteiger partial charge is 0.333 e. The van der Waals surface area contributed by atoms with Crippen LogP contribution in [0.4, 0.5) is 5.69 Å². The molecule has 26 heavy (non-hydrogen) atoms. The largest absolute Gasteiger partial charge is 0.486 e. The Balaban J connectivity index is 1.97. The Kier molecular flexibility index (Phi) is 4.64. The van der Waals surface area contributed by atoms with E-state index < -0.39 is 5.97 Å². The van der Waals surface area contributed by atoms with Crippen LogP contribution in [0.25, 0.3) is 21.4 Å². The summed E-state index contributed by atoms with van der Waals surface area (Å²) >= 11 is 1.50. The molecule has 1 N–H and O–H groups in total. The number of carboxylic acid groups (broad SMARTS) is 1. The molecule has 1 unspecified atom stereocenters. The van der Waals surface area contributed by atoms with Crippen LogP contribution >= 0.6 is 11.3 Å². The molecular weight excluding hydrogens is 344 g/mol. The first-order chi connectivity index (χ1) is 12.2. The van der Waals surface area contributed by atoms with E-state index in [2.05, 4.69) is 55.8 Å². The third-order valence-electron chi connectivity index (χ3n) is 5.16. The summed E-state index contributed by atoms with van der Waals surface area (Å²) < 4.78 is 0. The Hall–Kier alpha value is -2.58. The molecule has 0 saturated heterocycles. The number of thiophene rings is 1. The van der Waals surface area contributed by atoms with Crippen molar-refractivity contribution in [3.8, 4) is 10.4 Å². The van der Waals surface area contributed by atoms with Gasteiger partial charge < -0.3 is 10.0 Å².